The topological polar surface area (TPSA) is 137 Å². The van der Waals surface area contributed by atoms with E-state index >= 15 is 0 Å². The van der Waals surface area contributed by atoms with Crippen molar-refractivity contribution in [2.45, 2.75) is 44.1 Å². The molecule has 2 unspecified atom stereocenters. The van der Waals surface area contributed by atoms with Gasteiger partial charge in [0.25, 0.3) is 0 Å². The van der Waals surface area contributed by atoms with E-state index in [1.165, 1.54) is 13.0 Å². The lowest BCUT2D eigenvalue weighted by molar-refractivity contribution is -0.314. The molecule has 1 aliphatic rings. The summed E-state index contributed by atoms with van der Waals surface area (Å²) in [7, 11) is 0. The number of carboxylic acids is 1. The van der Waals surface area contributed by atoms with Crippen LogP contribution in [0.2, 0.25) is 0 Å². The number of aromatic carboxylic acids is 1. The van der Waals surface area contributed by atoms with Crippen molar-refractivity contribution in [3.8, 4) is 16.9 Å². The van der Waals surface area contributed by atoms with E-state index in [0.29, 0.717) is 11.3 Å². The van der Waals surface area contributed by atoms with Gasteiger partial charge in [-0.2, -0.15) is 0 Å². The molecule has 0 radical (unpaired) electrons. The zero-order chi connectivity index (χ0) is 21.3. The molecule has 1 saturated heterocycles. The van der Waals surface area contributed by atoms with Gasteiger partial charge < -0.3 is 35.0 Å². The van der Waals surface area contributed by atoms with Crippen molar-refractivity contribution in [2.75, 3.05) is 6.61 Å². The number of hydrogen-bond acceptors (Lipinski definition) is 7. The number of ether oxygens (including phenoxy) is 2. The molecule has 1 heterocycles. The molecule has 5 atom stereocenters. The zero-order valence-corrected chi connectivity index (χ0v) is 16.0. The molecule has 1 fully saturated rings. The minimum Gasteiger partial charge on any atom is -0.478 e. The molecular weight excluding hydrogens is 380 g/mol. The molecule has 156 valence electrons. The number of aliphatic hydroxyl groups is 4. The maximum absolute atomic E-state index is 11.2. The average molecular weight is 404 g/mol. The SMILES string of the molecule is Cc1cc(-c2cccc(C(=O)O)c2)ccc1O[C@H]1OC(CO)[C@@H](O)C(O)[C@]1(C)O. The highest BCUT2D eigenvalue weighted by atomic mass is 16.7. The van der Waals surface area contributed by atoms with Crippen LogP contribution in [0.3, 0.4) is 0 Å². The molecule has 2 aromatic rings. The van der Waals surface area contributed by atoms with Crippen molar-refractivity contribution < 1.29 is 39.8 Å². The molecule has 5 N–H and O–H groups in total. The molecule has 1 aliphatic heterocycles. The maximum Gasteiger partial charge on any atom is 0.335 e. The molecule has 2 aromatic carbocycles. The third-order valence-electron chi connectivity index (χ3n) is 5.11. The number of aliphatic hydroxyl groups excluding tert-OH is 3. The summed E-state index contributed by atoms with van der Waals surface area (Å²) in [6.07, 6.45) is -5.46. The monoisotopic (exact) mass is 404 g/mol. The summed E-state index contributed by atoms with van der Waals surface area (Å²) in [5.74, 6) is -0.645. The molecule has 0 bridgehead atoms. The van der Waals surface area contributed by atoms with Gasteiger partial charge in [0.15, 0.2) is 5.60 Å². The third-order valence-corrected chi connectivity index (χ3v) is 5.11. The quantitative estimate of drug-likeness (QED) is 0.496. The van der Waals surface area contributed by atoms with E-state index in [0.717, 1.165) is 11.1 Å². The van der Waals surface area contributed by atoms with Crippen molar-refractivity contribution in [1.82, 2.24) is 0 Å². The van der Waals surface area contributed by atoms with Crippen LogP contribution in [0, 0.1) is 6.92 Å². The van der Waals surface area contributed by atoms with Crippen LogP contribution in [0.4, 0.5) is 0 Å². The number of aryl methyl sites for hydroxylation is 1. The third kappa shape index (κ3) is 4.12. The molecule has 0 aromatic heterocycles. The fourth-order valence-electron chi connectivity index (χ4n) is 3.27. The first-order valence-corrected chi connectivity index (χ1v) is 9.11. The summed E-state index contributed by atoms with van der Waals surface area (Å²) in [4.78, 5) is 11.2. The second-order valence-electron chi connectivity index (χ2n) is 7.33. The molecule has 0 saturated carbocycles. The average Bonchev–Trinajstić information content (AvgIpc) is 2.70. The van der Waals surface area contributed by atoms with E-state index in [-0.39, 0.29) is 5.56 Å². The van der Waals surface area contributed by atoms with Gasteiger partial charge >= 0.3 is 5.97 Å². The van der Waals surface area contributed by atoms with Crippen molar-refractivity contribution in [3.05, 3.63) is 53.6 Å². The lowest BCUT2D eigenvalue weighted by atomic mass is 9.88. The lowest BCUT2D eigenvalue weighted by Crippen LogP contribution is -2.66. The second-order valence-corrected chi connectivity index (χ2v) is 7.33. The maximum atomic E-state index is 11.2. The van der Waals surface area contributed by atoms with Gasteiger partial charge in [-0.25, -0.2) is 4.79 Å². The molecule has 29 heavy (non-hydrogen) atoms. The molecule has 3 rings (SSSR count). The minimum absolute atomic E-state index is 0.176. The Balaban J connectivity index is 1.85. The summed E-state index contributed by atoms with van der Waals surface area (Å²) in [6.45, 7) is 2.50. The van der Waals surface area contributed by atoms with Crippen molar-refractivity contribution in [1.29, 1.82) is 0 Å². The van der Waals surface area contributed by atoms with Gasteiger partial charge in [-0.3, -0.25) is 0 Å². The fourth-order valence-corrected chi connectivity index (χ4v) is 3.27. The normalized spacial score (nSPS) is 29.4. The summed E-state index contributed by atoms with van der Waals surface area (Å²) >= 11 is 0. The van der Waals surface area contributed by atoms with Crippen molar-refractivity contribution in [3.63, 3.8) is 0 Å². The predicted molar refractivity (Wildman–Crippen MR) is 103 cm³/mol. The van der Waals surface area contributed by atoms with Crippen LogP contribution in [0.15, 0.2) is 42.5 Å². The second kappa shape index (κ2) is 8.10. The Hall–Kier alpha value is -2.49. The minimum atomic E-state index is -1.91. The van der Waals surface area contributed by atoms with E-state index in [2.05, 4.69) is 0 Å². The van der Waals surface area contributed by atoms with Crippen LogP contribution in [-0.4, -0.2) is 68.3 Å². The van der Waals surface area contributed by atoms with E-state index in [1.807, 2.05) is 0 Å². The first-order valence-electron chi connectivity index (χ1n) is 9.11. The van der Waals surface area contributed by atoms with Gasteiger partial charge in [0.2, 0.25) is 6.29 Å². The Labute approximate surface area is 167 Å². The van der Waals surface area contributed by atoms with Gasteiger partial charge in [0.05, 0.1) is 12.2 Å². The van der Waals surface area contributed by atoms with Crippen LogP contribution >= 0.6 is 0 Å². The van der Waals surface area contributed by atoms with Gasteiger partial charge in [-0.15, -0.1) is 0 Å². The summed E-state index contributed by atoms with van der Waals surface area (Å²) < 4.78 is 11.2. The molecule has 0 spiro atoms. The molecule has 0 amide bonds. The largest absolute Gasteiger partial charge is 0.478 e. The van der Waals surface area contributed by atoms with Gasteiger partial charge in [-0.1, -0.05) is 18.2 Å². The van der Waals surface area contributed by atoms with Gasteiger partial charge in [0, 0.05) is 0 Å². The number of benzene rings is 2. The Morgan fingerprint density at radius 1 is 1.17 bits per heavy atom. The highest BCUT2D eigenvalue weighted by molar-refractivity contribution is 5.89. The van der Waals surface area contributed by atoms with E-state index in [1.54, 1.807) is 43.3 Å². The highest BCUT2D eigenvalue weighted by Crippen LogP contribution is 2.34. The van der Waals surface area contributed by atoms with Crippen LogP contribution in [0.5, 0.6) is 5.75 Å². The predicted octanol–water partition coefficient (Wildman–Crippen LogP) is 0.929. The number of carbonyl (C=O) groups is 1. The van der Waals surface area contributed by atoms with Crippen LogP contribution in [0.25, 0.3) is 11.1 Å². The number of carboxylic acid groups (broad SMARTS) is 1. The van der Waals surface area contributed by atoms with Crippen LogP contribution in [0.1, 0.15) is 22.8 Å². The zero-order valence-electron chi connectivity index (χ0n) is 16.0. The Morgan fingerprint density at radius 2 is 1.86 bits per heavy atom. The van der Waals surface area contributed by atoms with Gasteiger partial charge in [0.1, 0.15) is 24.1 Å². The van der Waals surface area contributed by atoms with Gasteiger partial charge in [-0.05, 0) is 54.8 Å². The molecule has 8 heteroatoms. The molecule has 8 nitrogen and oxygen atoms in total. The fraction of sp³-hybridized carbons (Fsp3) is 0.381. The van der Waals surface area contributed by atoms with Crippen LogP contribution < -0.4 is 4.74 Å². The Bertz CT molecular complexity index is 894. The molecular formula is C21H24O8. The smallest absolute Gasteiger partial charge is 0.335 e. The van der Waals surface area contributed by atoms with Crippen molar-refractivity contribution >= 4 is 5.97 Å². The van der Waals surface area contributed by atoms with Crippen molar-refractivity contribution in [2.24, 2.45) is 0 Å². The Morgan fingerprint density at radius 3 is 2.48 bits per heavy atom. The molecule has 0 aliphatic carbocycles. The lowest BCUT2D eigenvalue weighted by Gasteiger charge is -2.45. The summed E-state index contributed by atoms with van der Waals surface area (Å²) in [6, 6.07) is 11.7. The summed E-state index contributed by atoms with van der Waals surface area (Å²) in [5.41, 5.74) is 0.447. The highest BCUT2D eigenvalue weighted by Gasteiger charge is 2.53. The number of rotatable bonds is 5. The van der Waals surface area contributed by atoms with E-state index < -0.39 is 42.8 Å². The van der Waals surface area contributed by atoms with Crippen LogP contribution in [-0.2, 0) is 4.74 Å². The standard InChI is InChI=1S/C21H24O8/c1-11-8-13(12-4-3-5-14(9-12)19(25)26)6-7-15(11)28-20-21(2,27)18(24)17(23)16(10-22)29-20/h3-9,16-18,20,22-24,27H,10H2,1-2H3,(H,25,26)/t16?,17-,18?,20+,21+/m1/s1. The number of hydrogen-bond donors (Lipinski definition) is 5. The first-order chi connectivity index (χ1) is 13.6. The summed E-state index contributed by atoms with van der Waals surface area (Å²) in [5, 5.41) is 49.2. The Kier molecular flexibility index (Phi) is 5.92. The van der Waals surface area contributed by atoms with E-state index in [4.69, 9.17) is 14.6 Å². The van der Waals surface area contributed by atoms with E-state index in [9.17, 15) is 25.2 Å². The first kappa shape index (κ1) is 21.2.